The van der Waals surface area contributed by atoms with Crippen molar-refractivity contribution >= 4 is 10.8 Å². The Balaban J connectivity index is 2.09. The molecule has 0 spiro atoms. The van der Waals surface area contributed by atoms with E-state index in [0.29, 0.717) is 12.1 Å². The van der Waals surface area contributed by atoms with E-state index in [2.05, 4.69) is 54.7 Å². The summed E-state index contributed by atoms with van der Waals surface area (Å²) < 4.78 is 5.34. The van der Waals surface area contributed by atoms with Crippen LogP contribution in [0.3, 0.4) is 0 Å². The minimum absolute atomic E-state index is 0.332. The smallest absolute Gasteiger partial charge is 0.0543 e. The van der Waals surface area contributed by atoms with Gasteiger partial charge in [-0.2, -0.15) is 0 Å². The third-order valence-electron chi connectivity index (χ3n) is 4.08. The first-order chi connectivity index (χ1) is 9.74. The van der Waals surface area contributed by atoms with E-state index in [1.807, 2.05) is 7.05 Å². The van der Waals surface area contributed by atoms with Crippen molar-refractivity contribution in [2.45, 2.75) is 38.3 Å². The number of hydrogen-bond acceptors (Lipinski definition) is 2. The molecule has 2 aromatic carbocycles. The molecule has 0 aliphatic carbocycles. The fourth-order valence-electron chi connectivity index (χ4n) is 2.64. The highest BCUT2D eigenvalue weighted by molar-refractivity contribution is 5.85. The molecule has 0 saturated heterocycles. The number of nitrogens with one attached hydrogen (secondary N) is 1. The van der Waals surface area contributed by atoms with Crippen molar-refractivity contribution < 1.29 is 4.74 Å². The van der Waals surface area contributed by atoms with Crippen molar-refractivity contribution in [1.29, 1.82) is 0 Å². The molecule has 2 nitrogen and oxygen atoms in total. The Morgan fingerprint density at radius 3 is 2.55 bits per heavy atom. The quantitative estimate of drug-likeness (QED) is 0.827. The van der Waals surface area contributed by atoms with Gasteiger partial charge in [0.1, 0.15) is 0 Å². The highest BCUT2D eigenvalue weighted by Gasteiger charge is 2.11. The highest BCUT2D eigenvalue weighted by atomic mass is 16.5. The molecule has 0 bridgehead atoms. The van der Waals surface area contributed by atoms with Gasteiger partial charge in [-0.15, -0.1) is 0 Å². The average molecular weight is 271 g/mol. The standard InChI is InChI=1S/C18H25NO/c1-14(20-3)11-12-17(19-2)13-16-9-6-8-15-7-4-5-10-18(15)16/h4-10,14,17,19H,11-13H2,1-3H3. The summed E-state index contributed by atoms with van der Waals surface area (Å²) >= 11 is 0. The number of likely N-dealkylation sites (N-methyl/N-ethyl adjacent to an activating group) is 1. The minimum atomic E-state index is 0.332. The van der Waals surface area contributed by atoms with Gasteiger partial charge in [0.15, 0.2) is 0 Å². The van der Waals surface area contributed by atoms with Crippen LogP contribution in [0.15, 0.2) is 42.5 Å². The molecule has 0 fully saturated rings. The second-order valence-electron chi connectivity index (χ2n) is 5.45. The molecule has 0 heterocycles. The number of rotatable bonds is 7. The van der Waals surface area contributed by atoms with Crippen LogP contribution >= 0.6 is 0 Å². The van der Waals surface area contributed by atoms with Gasteiger partial charge in [-0.25, -0.2) is 0 Å². The first kappa shape index (κ1) is 15.0. The van der Waals surface area contributed by atoms with E-state index in [0.717, 1.165) is 19.3 Å². The Kier molecular flexibility index (Phi) is 5.57. The third kappa shape index (κ3) is 3.81. The average Bonchev–Trinajstić information content (AvgIpc) is 2.51. The van der Waals surface area contributed by atoms with E-state index in [9.17, 15) is 0 Å². The van der Waals surface area contributed by atoms with Gasteiger partial charge in [-0.3, -0.25) is 0 Å². The van der Waals surface area contributed by atoms with Gasteiger partial charge in [-0.05, 0) is 49.6 Å². The number of benzene rings is 2. The van der Waals surface area contributed by atoms with Crippen molar-refractivity contribution in [1.82, 2.24) is 5.32 Å². The van der Waals surface area contributed by atoms with Gasteiger partial charge in [0, 0.05) is 13.2 Å². The molecule has 108 valence electrons. The van der Waals surface area contributed by atoms with E-state index < -0.39 is 0 Å². The Labute approximate surface area is 122 Å². The molecule has 1 N–H and O–H groups in total. The summed E-state index contributed by atoms with van der Waals surface area (Å²) in [7, 11) is 3.83. The fraction of sp³-hybridized carbons (Fsp3) is 0.444. The van der Waals surface area contributed by atoms with Crippen LogP contribution in [0, 0.1) is 0 Å². The predicted molar refractivity (Wildman–Crippen MR) is 86.2 cm³/mol. The van der Waals surface area contributed by atoms with Crippen molar-refractivity contribution in [2.75, 3.05) is 14.2 Å². The van der Waals surface area contributed by atoms with Gasteiger partial charge < -0.3 is 10.1 Å². The van der Waals surface area contributed by atoms with E-state index in [-0.39, 0.29) is 0 Å². The van der Waals surface area contributed by atoms with E-state index >= 15 is 0 Å². The van der Waals surface area contributed by atoms with Crippen LogP contribution in [0.1, 0.15) is 25.3 Å². The van der Waals surface area contributed by atoms with Gasteiger partial charge >= 0.3 is 0 Å². The third-order valence-corrected chi connectivity index (χ3v) is 4.08. The van der Waals surface area contributed by atoms with Crippen molar-refractivity contribution in [2.24, 2.45) is 0 Å². The van der Waals surface area contributed by atoms with Crippen LogP contribution in [-0.4, -0.2) is 26.3 Å². The first-order valence-electron chi connectivity index (χ1n) is 7.41. The molecular weight excluding hydrogens is 246 g/mol. The Bertz CT molecular complexity index is 532. The Hall–Kier alpha value is -1.38. The molecule has 0 radical (unpaired) electrons. The Morgan fingerprint density at radius 2 is 1.80 bits per heavy atom. The molecule has 2 heteroatoms. The summed E-state index contributed by atoms with van der Waals surface area (Å²) in [5, 5.41) is 6.13. The molecule has 0 aliphatic heterocycles. The maximum absolute atomic E-state index is 5.34. The SMILES string of the molecule is CNC(CCC(C)OC)Cc1cccc2ccccc12. The monoisotopic (exact) mass is 271 g/mol. The summed E-state index contributed by atoms with van der Waals surface area (Å²) in [6.07, 6.45) is 3.62. The summed E-state index contributed by atoms with van der Waals surface area (Å²) in [6.45, 7) is 2.13. The van der Waals surface area contributed by atoms with Crippen LogP contribution in [-0.2, 0) is 11.2 Å². The van der Waals surface area contributed by atoms with Crippen molar-refractivity contribution in [3.8, 4) is 0 Å². The zero-order chi connectivity index (χ0) is 14.4. The van der Waals surface area contributed by atoms with Crippen molar-refractivity contribution in [3.05, 3.63) is 48.0 Å². The second kappa shape index (κ2) is 7.41. The largest absolute Gasteiger partial charge is 0.382 e. The maximum atomic E-state index is 5.34. The summed E-state index contributed by atoms with van der Waals surface area (Å²) in [4.78, 5) is 0. The van der Waals surface area contributed by atoms with E-state index in [1.54, 1.807) is 7.11 Å². The van der Waals surface area contributed by atoms with E-state index in [4.69, 9.17) is 4.74 Å². The maximum Gasteiger partial charge on any atom is 0.0543 e. The molecule has 0 amide bonds. The molecule has 2 atom stereocenters. The van der Waals surface area contributed by atoms with Crippen LogP contribution < -0.4 is 5.32 Å². The molecule has 0 aliphatic rings. The second-order valence-corrected chi connectivity index (χ2v) is 5.45. The van der Waals surface area contributed by atoms with Crippen molar-refractivity contribution in [3.63, 3.8) is 0 Å². The Morgan fingerprint density at radius 1 is 1.05 bits per heavy atom. The molecule has 20 heavy (non-hydrogen) atoms. The number of methoxy groups -OCH3 is 1. The molecule has 2 rings (SSSR count). The number of ether oxygens (including phenoxy) is 1. The fourth-order valence-corrected chi connectivity index (χ4v) is 2.64. The predicted octanol–water partition coefficient (Wildman–Crippen LogP) is 3.79. The van der Waals surface area contributed by atoms with Crippen LogP contribution in [0.4, 0.5) is 0 Å². The zero-order valence-corrected chi connectivity index (χ0v) is 12.7. The van der Waals surface area contributed by atoms with Gasteiger partial charge in [0.25, 0.3) is 0 Å². The van der Waals surface area contributed by atoms with Gasteiger partial charge in [0.05, 0.1) is 6.10 Å². The minimum Gasteiger partial charge on any atom is -0.382 e. The lowest BCUT2D eigenvalue weighted by atomic mass is 9.96. The molecule has 2 aromatic rings. The van der Waals surface area contributed by atoms with Gasteiger partial charge in [0.2, 0.25) is 0 Å². The first-order valence-corrected chi connectivity index (χ1v) is 7.41. The molecule has 0 aromatic heterocycles. The summed E-state index contributed by atoms with van der Waals surface area (Å²) in [5.74, 6) is 0. The number of fused-ring (bicyclic) bond motifs is 1. The molecular formula is C18H25NO. The van der Waals surface area contributed by atoms with Crippen LogP contribution in [0.2, 0.25) is 0 Å². The lowest BCUT2D eigenvalue weighted by Gasteiger charge is -2.19. The lowest BCUT2D eigenvalue weighted by molar-refractivity contribution is 0.106. The lowest BCUT2D eigenvalue weighted by Crippen LogP contribution is -2.28. The van der Waals surface area contributed by atoms with Crippen LogP contribution in [0.5, 0.6) is 0 Å². The summed E-state index contributed by atoms with van der Waals surface area (Å²) in [5.41, 5.74) is 1.42. The number of hydrogen-bond donors (Lipinski definition) is 1. The van der Waals surface area contributed by atoms with Crippen LogP contribution in [0.25, 0.3) is 10.8 Å². The molecule has 2 unspecified atom stereocenters. The molecule has 0 saturated carbocycles. The van der Waals surface area contributed by atoms with E-state index in [1.165, 1.54) is 16.3 Å². The zero-order valence-electron chi connectivity index (χ0n) is 12.7. The normalized spacial score (nSPS) is 14.3. The topological polar surface area (TPSA) is 21.3 Å². The summed E-state index contributed by atoms with van der Waals surface area (Å²) in [6, 6.07) is 15.7. The highest BCUT2D eigenvalue weighted by Crippen LogP contribution is 2.21. The van der Waals surface area contributed by atoms with Gasteiger partial charge in [-0.1, -0.05) is 42.5 Å².